The number of nitrogens with one attached hydrogen (secondary N) is 2. The van der Waals surface area contributed by atoms with Crippen molar-refractivity contribution in [1.29, 1.82) is 0 Å². The predicted octanol–water partition coefficient (Wildman–Crippen LogP) is 0.750. The molecule has 21 heavy (non-hydrogen) atoms. The summed E-state index contributed by atoms with van der Waals surface area (Å²) in [5.41, 5.74) is 1.69. The van der Waals surface area contributed by atoms with E-state index in [9.17, 15) is 9.90 Å². The molecule has 6 heteroatoms. The summed E-state index contributed by atoms with van der Waals surface area (Å²) in [6.07, 6.45) is -0.418. The average molecular weight is 293 g/mol. The average Bonchev–Trinajstić information content (AvgIpc) is 2.47. The second-order valence-electron chi connectivity index (χ2n) is 5.21. The van der Waals surface area contributed by atoms with E-state index in [1.54, 1.807) is 0 Å². The summed E-state index contributed by atoms with van der Waals surface area (Å²) in [6.45, 7) is 5.87. The zero-order valence-electron chi connectivity index (χ0n) is 12.3. The molecule has 1 atom stereocenters. The SMILES string of the molecule is CC(=O)Nc1ccc(NCC(O)CN2CCOCC2)cc1. The van der Waals surface area contributed by atoms with E-state index in [0.717, 1.165) is 37.7 Å². The number of carbonyl (C=O) groups excluding carboxylic acids is 1. The van der Waals surface area contributed by atoms with Crippen LogP contribution in [0.15, 0.2) is 24.3 Å². The van der Waals surface area contributed by atoms with Crippen molar-refractivity contribution in [2.24, 2.45) is 0 Å². The third-order valence-electron chi connectivity index (χ3n) is 3.32. The summed E-state index contributed by atoms with van der Waals surface area (Å²) < 4.78 is 5.28. The molecule has 1 aliphatic rings. The molecule has 3 N–H and O–H groups in total. The van der Waals surface area contributed by atoms with Crippen LogP contribution < -0.4 is 10.6 Å². The Balaban J connectivity index is 1.72. The molecule has 116 valence electrons. The number of nitrogens with zero attached hydrogens (tertiary/aromatic N) is 1. The lowest BCUT2D eigenvalue weighted by Crippen LogP contribution is -2.42. The zero-order chi connectivity index (χ0) is 15.1. The molecule has 1 heterocycles. The number of hydrogen-bond donors (Lipinski definition) is 3. The number of carbonyl (C=O) groups is 1. The van der Waals surface area contributed by atoms with Crippen molar-refractivity contribution in [3.05, 3.63) is 24.3 Å². The maximum atomic E-state index is 10.9. The number of ether oxygens (including phenoxy) is 1. The number of hydrogen-bond acceptors (Lipinski definition) is 5. The third kappa shape index (κ3) is 5.71. The van der Waals surface area contributed by atoms with Crippen LogP contribution in [-0.4, -0.2) is 61.4 Å². The maximum Gasteiger partial charge on any atom is 0.221 e. The van der Waals surface area contributed by atoms with Gasteiger partial charge in [-0.3, -0.25) is 9.69 Å². The minimum Gasteiger partial charge on any atom is -0.390 e. The van der Waals surface area contributed by atoms with Gasteiger partial charge in [0.2, 0.25) is 5.91 Å². The fraction of sp³-hybridized carbons (Fsp3) is 0.533. The topological polar surface area (TPSA) is 73.8 Å². The summed E-state index contributed by atoms with van der Waals surface area (Å²) in [5, 5.41) is 15.9. The Kier molecular flexibility index (Phi) is 5.98. The van der Waals surface area contributed by atoms with Gasteiger partial charge in [-0.05, 0) is 24.3 Å². The largest absolute Gasteiger partial charge is 0.390 e. The van der Waals surface area contributed by atoms with Gasteiger partial charge in [-0.1, -0.05) is 0 Å². The van der Waals surface area contributed by atoms with Crippen LogP contribution in [0, 0.1) is 0 Å². The Morgan fingerprint density at radius 2 is 1.90 bits per heavy atom. The molecule has 1 aliphatic heterocycles. The monoisotopic (exact) mass is 293 g/mol. The highest BCUT2D eigenvalue weighted by Crippen LogP contribution is 2.13. The molecule has 1 aromatic rings. The van der Waals surface area contributed by atoms with E-state index in [1.165, 1.54) is 6.92 Å². The standard InChI is InChI=1S/C15H23N3O3/c1-12(19)17-14-4-2-13(3-5-14)16-10-15(20)11-18-6-8-21-9-7-18/h2-5,15-16,20H,6-11H2,1H3,(H,17,19). The van der Waals surface area contributed by atoms with E-state index in [2.05, 4.69) is 15.5 Å². The van der Waals surface area contributed by atoms with Crippen molar-refractivity contribution >= 4 is 17.3 Å². The molecular weight excluding hydrogens is 270 g/mol. The fourth-order valence-corrected chi connectivity index (χ4v) is 2.26. The second-order valence-corrected chi connectivity index (χ2v) is 5.21. The van der Waals surface area contributed by atoms with Crippen LogP contribution in [0.25, 0.3) is 0 Å². The van der Waals surface area contributed by atoms with Gasteiger partial charge >= 0.3 is 0 Å². The molecule has 1 fully saturated rings. The fourth-order valence-electron chi connectivity index (χ4n) is 2.26. The number of rotatable bonds is 6. The first kappa shape index (κ1) is 15.8. The number of benzene rings is 1. The number of β-amino-alcohol motifs (C(OH)–C–C–N with tert-alkyl or cyclic N) is 1. The Morgan fingerprint density at radius 1 is 1.29 bits per heavy atom. The summed E-state index contributed by atoms with van der Waals surface area (Å²) in [7, 11) is 0. The van der Waals surface area contributed by atoms with Crippen LogP contribution in [0.1, 0.15) is 6.92 Å². The lowest BCUT2D eigenvalue weighted by atomic mass is 10.2. The van der Waals surface area contributed by atoms with Crippen molar-refractivity contribution in [3.63, 3.8) is 0 Å². The lowest BCUT2D eigenvalue weighted by Gasteiger charge is -2.28. The van der Waals surface area contributed by atoms with Gasteiger partial charge in [0.1, 0.15) is 0 Å². The van der Waals surface area contributed by atoms with Gasteiger partial charge < -0.3 is 20.5 Å². The van der Waals surface area contributed by atoms with Crippen molar-refractivity contribution < 1.29 is 14.6 Å². The van der Waals surface area contributed by atoms with Crippen LogP contribution >= 0.6 is 0 Å². The number of amides is 1. The van der Waals surface area contributed by atoms with Crippen LogP contribution in [0.5, 0.6) is 0 Å². The van der Waals surface area contributed by atoms with Crippen molar-refractivity contribution in [2.75, 3.05) is 50.0 Å². The van der Waals surface area contributed by atoms with Crippen LogP contribution in [0.3, 0.4) is 0 Å². The van der Waals surface area contributed by atoms with Gasteiger partial charge in [0.25, 0.3) is 0 Å². The van der Waals surface area contributed by atoms with E-state index in [-0.39, 0.29) is 5.91 Å². The van der Waals surface area contributed by atoms with Gasteiger partial charge in [0.05, 0.1) is 19.3 Å². The van der Waals surface area contributed by atoms with Crippen molar-refractivity contribution in [3.8, 4) is 0 Å². The highest BCUT2D eigenvalue weighted by atomic mass is 16.5. The van der Waals surface area contributed by atoms with Gasteiger partial charge in [-0.25, -0.2) is 0 Å². The first-order valence-electron chi connectivity index (χ1n) is 7.23. The van der Waals surface area contributed by atoms with Gasteiger partial charge in [0.15, 0.2) is 0 Å². The molecule has 1 saturated heterocycles. The van der Waals surface area contributed by atoms with E-state index in [4.69, 9.17) is 4.74 Å². The molecule has 2 rings (SSSR count). The Hall–Kier alpha value is -1.63. The number of aliphatic hydroxyl groups is 1. The summed E-state index contributed by atoms with van der Waals surface area (Å²) >= 11 is 0. The molecule has 6 nitrogen and oxygen atoms in total. The molecule has 0 spiro atoms. The van der Waals surface area contributed by atoms with Crippen molar-refractivity contribution in [2.45, 2.75) is 13.0 Å². The summed E-state index contributed by atoms with van der Waals surface area (Å²) in [6, 6.07) is 7.43. The highest BCUT2D eigenvalue weighted by molar-refractivity contribution is 5.88. The number of morpholine rings is 1. The van der Waals surface area contributed by atoms with Crippen LogP contribution in [0.2, 0.25) is 0 Å². The molecule has 0 aromatic heterocycles. The smallest absolute Gasteiger partial charge is 0.221 e. The molecule has 0 bridgehead atoms. The third-order valence-corrected chi connectivity index (χ3v) is 3.32. The minimum absolute atomic E-state index is 0.0864. The molecule has 0 aliphatic carbocycles. The van der Waals surface area contributed by atoms with Gasteiger partial charge in [-0.15, -0.1) is 0 Å². The predicted molar refractivity (Wildman–Crippen MR) is 82.5 cm³/mol. The van der Waals surface area contributed by atoms with E-state index >= 15 is 0 Å². The molecule has 1 amide bonds. The Labute approximate surface area is 125 Å². The first-order valence-corrected chi connectivity index (χ1v) is 7.23. The zero-order valence-corrected chi connectivity index (χ0v) is 12.3. The molecule has 0 radical (unpaired) electrons. The molecule has 1 aromatic carbocycles. The van der Waals surface area contributed by atoms with E-state index in [0.29, 0.717) is 13.1 Å². The Morgan fingerprint density at radius 3 is 2.52 bits per heavy atom. The molecule has 1 unspecified atom stereocenters. The van der Waals surface area contributed by atoms with Gasteiger partial charge in [0, 0.05) is 44.5 Å². The highest BCUT2D eigenvalue weighted by Gasteiger charge is 2.14. The minimum atomic E-state index is -0.418. The quantitative estimate of drug-likeness (QED) is 0.722. The Bertz CT molecular complexity index is 444. The second kappa shape index (κ2) is 7.97. The summed E-state index contributed by atoms with van der Waals surface area (Å²) in [4.78, 5) is 13.1. The van der Waals surface area contributed by atoms with Crippen molar-refractivity contribution in [1.82, 2.24) is 4.90 Å². The maximum absolute atomic E-state index is 10.9. The normalized spacial score (nSPS) is 17.2. The van der Waals surface area contributed by atoms with Crippen LogP contribution in [0.4, 0.5) is 11.4 Å². The van der Waals surface area contributed by atoms with E-state index in [1.807, 2.05) is 24.3 Å². The molecular formula is C15H23N3O3. The number of aliphatic hydroxyl groups excluding tert-OH is 1. The van der Waals surface area contributed by atoms with Crippen LogP contribution in [-0.2, 0) is 9.53 Å². The van der Waals surface area contributed by atoms with Gasteiger partial charge in [-0.2, -0.15) is 0 Å². The summed E-state index contributed by atoms with van der Waals surface area (Å²) in [5.74, 6) is -0.0864. The number of anilines is 2. The van der Waals surface area contributed by atoms with E-state index < -0.39 is 6.10 Å². The lowest BCUT2D eigenvalue weighted by molar-refractivity contribution is -0.114. The first-order chi connectivity index (χ1) is 10.1. The molecule has 0 saturated carbocycles.